The van der Waals surface area contributed by atoms with E-state index < -0.39 is 24.1 Å². The van der Waals surface area contributed by atoms with Crippen LogP contribution in [0.15, 0.2) is 0 Å². The summed E-state index contributed by atoms with van der Waals surface area (Å²) in [4.78, 5) is 19.9. The van der Waals surface area contributed by atoms with E-state index in [2.05, 4.69) is 6.92 Å². The zero-order chi connectivity index (χ0) is 16.0. The number of carboxylic acids is 2. The summed E-state index contributed by atoms with van der Waals surface area (Å²) in [5.74, 6) is -1.86. The van der Waals surface area contributed by atoms with Crippen molar-refractivity contribution in [3.05, 3.63) is 0 Å². The van der Waals surface area contributed by atoms with Crippen molar-refractivity contribution in [2.75, 3.05) is 0 Å². The quantitative estimate of drug-likeness (QED) is 0.458. The number of aliphatic carboxylic acids is 2. The van der Waals surface area contributed by atoms with Crippen molar-refractivity contribution >= 4 is 11.9 Å². The van der Waals surface area contributed by atoms with E-state index in [0.29, 0.717) is 12.8 Å². The molecule has 6 nitrogen and oxygen atoms in total. The summed E-state index contributed by atoms with van der Waals surface area (Å²) in [6, 6.07) is 0. The van der Waals surface area contributed by atoms with Crippen LogP contribution in [0.4, 0.5) is 0 Å². The van der Waals surface area contributed by atoms with Crippen molar-refractivity contribution in [1.82, 2.24) is 0 Å². The second kappa shape index (κ2) is 14.3. The second-order valence-electron chi connectivity index (χ2n) is 4.76. The number of carbonyl (C=O) groups is 2. The van der Waals surface area contributed by atoms with Crippen LogP contribution in [0.3, 0.4) is 0 Å². The molecule has 4 N–H and O–H groups in total. The predicted molar refractivity (Wildman–Crippen MR) is 75.6 cm³/mol. The molecule has 0 aromatic carbocycles. The fraction of sp³-hybridized carbons (Fsp3) is 0.857. The third kappa shape index (κ3) is 19.2. The predicted octanol–water partition coefficient (Wildman–Crippen LogP) is 2.02. The van der Waals surface area contributed by atoms with E-state index in [1.807, 2.05) is 0 Å². The minimum Gasteiger partial charge on any atom is -0.481 e. The highest BCUT2D eigenvalue weighted by Gasteiger charge is 2.08. The van der Waals surface area contributed by atoms with Gasteiger partial charge in [-0.1, -0.05) is 39.5 Å². The van der Waals surface area contributed by atoms with Gasteiger partial charge in [-0.25, -0.2) is 0 Å². The number of carboxylic acid groups (broad SMARTS) is 2. The van der Waals surface area contributed by atoms with Crippen molar-refractivity contribution in [2.24, 2.45) is 0 Å². The van der Waals surface area contributed by atoms with E-state index in [1.54, 1.807) is 6.92 Å². The molecule has 0 bridgehead atoms. The molecule has 0 radical (unpaired) electrons. The lowest BCUT2D eigenvalue weighted by molar-refractivity contribution is -0.140. The van der Waals surface area contributed by atoms with Gasteiger partial charge in [-0.3, -0.25) is 9.59 Å². The SMILES string of the molecule is CCC(O)CC(=O)O.CCCCCCC(O)CC(=O)O. The average Bonchev–Trinajstić information content (AvgIpc) is 2.33. The van der Waals surface area contributed by atoms with Crippen LogP contribution in [0, 0.1) is 0 Å². The Balaban J connectivity index is 0. The number of unbranched alkanes of at least 4 members (excludes halogenated alkanes) is 3. The first kappa shape index (κ1) is 21.2. The first-order valence-corrected chi connectivity index (χ1v) is 7.13. The molecule has 20 heavy (non-hydrogen) atoms. The van der Waals surface area contributed by atoms with Crippen LogP contribution in [0.2, 0.25) is 0 Å². The molecular formula is C14H28O6. The number of hydrogen-bond donors (Lipinski definition) is 4. The normalized spacial score (nSPS) is 13.0. The van der Waals surface area contributed by atoms with E-state index in [-0.39, 0.29) is 12.8 Å². The lowest BCUT2D eigenvalue weighted by Gasteiger charge is -2.06. The van der Waals surface area contributed by atoms with Gasteiger partial charge < -0.3 is 20.4 Å². The summed E-state index contributed by atoms with van der Waals surface area (Å²) in [5, 5.41) is 34.2. The van der Waals surface area contributed by atoms with Gasteiger partial charge in [0.2, 0.25) is 0 Å². The Hall–Kier alpha value is -1.14. The average molecular weight is 292 g/mol. The minimum atomic E-state index is -0.945. The van der Waals surface area contributed by atoms with Crippen LogP contribution in [-0.4, -0.2) is 44.6 Å². The van der Waals surface area contributed by atoms with Gasteiger partial charge in [-0.2, -0.15) is 0 Å². The number of hydrogen-bond acceptors (Lipinski definition) is 4. The van der Waals surface area contributed by atoms with E-state index in [4.69, 9.17) is 20.4 Å². The molecule has 2 atom stereocenters. The molecule has 0 aliphatic rings. The Morgan fingerprint density at radius 1 is 0.850 bits per heavy atom. The summed E-state index contributed by atoms with van der Waals surface area (Å²) >= 11 is 0. The maximum atomic E-state index is 10.1. The molecule has 120 valence electrons. The minimum absolute atomic E-state index is 0.119. The second-order valence-corrected chi connectivity index (χ2v) is 4.76. The van der Waals surface area contributed by atoms with E-state index >= 15 is 0 Å². The van der Waals surface area contributed by atoms with Crippen molar-refractivity contribution in [3.8, 4) is 0 Å². The maximum Gasteiger partial charge on any atom is 0.305 e. The van der Waals surface area contributed by atoms with Crippen LogP contribution in [0.25, 0.3) is 0 Å². The monoisotopic (exact) mass is 292 g/mol. The van der Waals surface area contributed by atoms with E-state index in [0.717, 1.165) is 19.3 Å². The number of rotatable bonds is 10. The van der Waals surface area contributed by atoms with Gasteiger partial charge in [-0.05, 0) is 12.8 Å². The molecule has 0 aliphatic carbocycles. The lowest BCUT2D eigenvalue weighted by Crippen LogP contribution is -2.12. The standard InChI is InChI=1S/C9H18O3.C5H10O3/c1-2-3-4-5-6-8(10)7-9(11)12;1-2-4(6)3-5(7)8/h8,10H,2-7H2,1H3,(H,11,12);4,6H,2-3H2,1H3,(H,7,8). The van der Waals surface area contributed by atoms with Crippen molar-refractivity contribution in [1.29, 1.82) is 0 Å². The molecule has 0 heterocycles. The highest BCUT2D eigenvalue weighted by molar-refractivity contribution is 5.67. The Kier molecular flexibility index (Phi) is 15.1. The fourth-order valence-corrected chi connectivity index (χ4v) is 1.46. The van der Waals surface area contributed by atoms with Gasteiger partial charge in [-0.15, -0.1) is 0 Å². The first-order chi connectivity index (χ1) is 9.33. The summed E-state index contributed by atoms with van der Waals surface area (Å²) in [6.45, 7) is 3.86. The summed E-state index contributed by atoms with van der Waals surface area (Å²) in [7, 11) is 0. The molecule has 0 saturated heterocycles. The van der Waals surface area contributed by atoms with E-state index in [1.165, 1.54) is 6.42 Å². The molecule has 0 aliphatic heterocycles. The Labute approximate surface area is 120 Å². The van der Waals surface area contributed by atoms with Crippen LogP contribution in [0.5, 0.6) is 0 Å². The molecule has 2 unspecified atom stereocenters. The van der Waals surface area contributed by atoms with Gasteiger partial charge in [0.05, 0.1) is 25.0 Å². The Morgan fingerprint density at radius 2 is 1.35 bits per heavy atom. The fourth-order valence-electron chi connectivity index (χ4n) is 1.46. The third-order valence-corrected chi connectivity index (χ3v) is 2.68. The largest absolute Gasteiger partial charge is 0.481 e. The summed E-state index contributed by atoms with van der Waals surface area (Å²) in [6.07, 6.45) is 3.89. The van der Waals surface area contributed by atoms with Crippen LogP contribution in [-0.2, 0) is 9.59 Å². The molecule has 0 rings (SSSR count). The Bertz CT molecular complexity index is 254. The first-order valence-electron chi connectivity index (χ1n) is 7.13. The Morgan fingerprint density at radius 3 is 1.70 bits per heavy atom. The smallest absolute Gasteiger partial charge is 0.305 e. The molecule has 0 fully saturated rings. The highest BCUT2D eigenvalue weighted by Crippen LogP contribution is 2.07. The topological polar surface area (TPSA) is 115 Å². The van der Waals surface area contributed by atoms with Crippen molar-refractivity contribution < 1.29 is 30.0 Å². The van der Waals surface area contributed by atoms with E-state index in [9.17, 15) is 9.59 Å². The van der Waals surface area contributed by atoms with Gasteiger partial charge in [0.25, 0.3) is 0 Å². The maximum absolute atomic E-state index is 10.1. The summed E-state index contributed by atoms with van der Waals surface area (Å²) < 4.78 is 0. The number of aliphatic hydroxyl groups excluding tert-OH is 2. The molecule has 0 aromatic rings. The highest BCUT2D eigenvalue weighted by atomic mass is 16.4. The van der Waals surface area contributed by atoms with Crippen LogP contribution in [0.1, 0.15) is 65.2 Å². The van der Waals surface area contributed by atoms with Gasteiger partial charge in [0, 0.05) is 0 Å². The third-order valence-electron chi connectivity index (χ3n) is 2.68. The van der Waals surface area contributed by atoms with Gasteiger partial charge in [0.15, 0.2) is 0 Å². The summed E-state index contributed by atoms with van der Waals surface area (Å²) in [5.41, 5.74) is 0. The zero-order valence-corrected chi connectivity index (χ0v) is 12.4. The van der Waals surface area contributed by atoms with Crippen molar-refractivity contribution in [2.45, 2.75) is 77.4 Å². The van der Waals surface area contributed by atoms with Gasteiger partial charge in [0.1, 0.15) is 0 Å². The molecule has 0 amide bonds. The van der Waals surface area contributed by atoms with Crippen molar-refractivity contribution in [3.63, 3.8) is 0 Å². The zero-order valence-electron chi connectivity index (χ0n) is 12.4. The van der Waals surface area contributed by atoms with Crippen LogP contribution >= 0.6 is 0 Å². The number of aliphatic hydroxyl groups is 2. The molecule has 0 spiro atoms. The van der Waals surface area contributed by atoms with Crippen LogP contribution < -0.4 is 0 Å². The molecule has 0 saturated carbocycles. The molecular weight excluding hydrogens is 264 g/mol. The molecule has 0 aromatic heterocycles. The molecule has 6 heteroatoms. The van der Waals surface area contributed by atoms with Gasteiger partial charge >= 0.3 is 11.9 Å². The lowest BCUT2D eigenvalue weighted by atomic mass is 10.1.